The summed E-state index contributed by atoms with van der Waals surface area (Å²) in [6.45, 7) is 6.14. The van der Waals surface area contributed by atoms with Crippen molar-refractivity contribution in [1.82, 2.24) is 0 Å². The van der Waals surface area contributed by atoms with E-state index in [9.17, 15) is 14.4 Å². The topological polar surface area (TPSA) is 66.8 Å². The van der Waals surface area contributed by atoms with Crippen molar-refractivity contribution in [3.63, 3.8) is 0 Å². The minimum atomic E-state index is -4.42. The van der Waals surface area contributed by atoms with Crippen LogP contribution in [-0.2, 0) is 4.57 Å². The lowest BCUT2D eigenvalue weighted by Crippen LogP contribution is -2.10. The zero-order valence-corrected chi connectivity index (χ0v) is 14.4. The van der Waals surface area contributed by atoms with Gasteiger partial charge in [-0.3, -0.25) is 4.57 Å². The first-order chi connectivity index (χ1) is 10.8. The van der Waals surface area contributed by atoms with Crippen LogP contribution in [0.1, 0.15) is 19.4 Å². The first kappa shape index (κ1) is 17.5. The minimum Gasteiger partial charge on any atom is -0.489 e. The Bertz CT molecular complexity index is 753. The third-order valence-electron chi connectivity index (χ3n) is 3.39. The van der Waals surface area contributed by atoms with Crippen molar-refractivity contribution < 1.29 is 19.1 Å². The lowest BCUT2D eigenvalue weighted by molar-refractivity contribution is 0.357. The normalized spacial score (nSPS) is 11.2. The minimum absolute atomic E-state index is 0.0854. The molecule has 5 heteroatoms. The van der Waals surface area contributed by atoms with Crippen molar-refractivity contribution in [2.75, 3.05) is 6.61 Å². The summed E-state index contributed by atoms with van der Waals surface area (Å²) in [5.41, 5.74) is 3.86. The summed E-state index contributed by atoms with van der Waals surface area (Å²) in [6.07, 6.45) is 1.86. The predicted molar refractivity (Wildman–Crippen MR) is 93.2 cm³/mol. The second-order valence-electron chi connectivity index (χ2n) is 5.69. The Balaban J connectivity index is 2.40. The van der Waals surface area contributed by atoms with Crippen LogP contribution in [0, 0.1) is 6.92 Å². The van der Waals surface area contributed by atoms with Crippen LogP contribution < -0.4 is 10.0 Å². The highest BCUT2D eigenvalue weighted by atomic mass is 31.2. The molecular weight excluding hydrogens is 311 g/mol. The second-order valence-corrected chi connectivity index (χ2v) is 7.25. The Kier molecular flexibility index (Phi) is 5.42. The molecule has 4 nitrogen and oxygen atoms in total. The van der Waals surface area contributed by atoms with Crippen LogP contribution in [0.25, 0.3) is 11.1 Å². The zero-order chi connectivity index (χ0) is 17.0. The van der Waals surface area contributed by atoms with Gasteiger partial charge in [0.15, 0.2) is 0 Å². The summed E-state index contributed by atoms with van der Waals surface area (Å²) >= 11 is 0. The highest BCUT2D eigenvalue weighted by Gasteiger charge is 2.23. The first-order valence-electron chi connectivity index (χ1n) is 7.31. The van der Waals surface area contributed by atoms with Crippen LogP contribution in [0.3, 0.4) is 0 Å². The smallest absolute Gasteiger partial charge is 0.359 e. The Morgan fingerprint density at radius 3 is 2.26 bits per heavy atom. The van der Waals surface area contributed by atoms with E-state index in [4.69, 9.17) is 4.74 Å². The van der Waals surface area contributed by atoms with E-state index in [0.717, 1.165) is 22.3 Å². The molecule has 0 aromatic heterocycles. The molecule has 2 aromatic rings. The molecule has 0 aliphatic carbocycles. The average molecular weight is 332 g/mol. The van der Waals surface area contributed by atoms with Gasteiger partial charge in [-0.2, -0.15) is 0 Å². The van der Waals surface area contributed by atoms with Crippen molar-refractivity contribution in [2.45, 2.75) is 20.8 Å². The monoisotopic (exact) mass is 332 g/mol. The SMILES string of the molecule is CC(C)=CCOc1ccc(-c2ccc(C)cc2)cc1P(=O)(O)O. The van der Waals surface area contributed by atoms with Crippen molar-refractivity contribution in [3.8, 4) is 16.9 Å². The number of ether oxygens (including phenoxy) is 1. The molecule has 0 atom stereocenters. The molecule has 0 amide bonds. The molecule has 0 bridgehead atoms. The molecule has 2 aromatic carbocycles. The first-order valence-corrected chi connectivity index (χ1v) is 8.92. The fraction of sp³-hybridized carbons (Fsp3) is 0.222. The van der Waals surface area contributed by atoms with Crippen LogP contribution in [-0.4, -0.2) is 16.4 Å². The standard InChI is InChI=1S/C18H21O4P/c1-13(2)10-11-22-17-9-8-16(12-18(17)23(19,20)21)15-6-4-14(3)5-7-15/h4-10,12H,11H2,1-3H3,(H2,19,20,21). The molecule has 2 N–H and O–H groups in total. The second kappa shape index (κ2) is 7.14. The van der Waals surface area contributed by atoms with E-state index < -0.39 is 7.60 Å². The Labute approximate surface area is 136 Å². The molecule has 0 radical (unpaired) electrons. The molecule has 2 rings (SSSR count). The van der Waals surface area contributed by atoms with Crippen molar-refractivity contribution in [2.24, 2.45) is 0 Å². The van der Waals surface area contributed by atoms with Crippen molar-refractivity contribution >= 4 is 12.9 Å². The van der Waals surface area contributed by atoms with Gasteiger partial charge >= 0.3 is 7.60 Å². The number of rotatable bonds is 5. The lowest BCUT2D eigenvalue weighted by Gasteiger charge is -2.13. The van der Waals surface area contributed by atoms with E-state index in [2.05, 4.69) is 0 Å². The highest BCUT2D eigenvalue weighted by molar-refractivity contribution is 7.60. The summed E-state index contributed by atoms with van der Waals surface area (Å²) in [7, 11) is -4.42. The van der Waals surface area contributed by atoms with Gasteiger partial charge in [0.05, 0.1) is 0 Å². The number of aryl methyl sites for hydroxylation is 1. The quantitative estimate of drug-likeness (QED) is 0.645. The average Bonchev–Trinajstić information content (AvgIpc) is 2.47. The lowest BCUT2D eigenvalue weighted by atomic mass is 10.0. The molecular formula is C18H21O4P. The molecule has 122 valence electrons. The zero-order valence-electron chi connectivity index (χ0n) is 13.5. The van der Waals surface area contributed by atoms with Crippen LogP contribution in [0.15, 0.2) is 54.1 Å². The summed E-state index contributed by atoms with van der Waals surface area (Å²) in [5, 5.41) is -0.0854. The Morgan fingerprint density at radius 1 is 1.09 bits per heavy atom. The van der Waals surface area contributed by atoms with E-state index in [1.807, 2.05) is 57.2 Å². The molecule has 0 saturated heterocycles. The summed E-state index contributed by atoms with van der Waals surface area (Å²) in [6, 6.07) is 12.7. The summed E-state index contributed by atoms with van der Waals surface area (Å²) in [4.78, 5) is 19.2. The van der Waals surface area contributed by atoms with E-state index in [1.165, 1.54) is 6.07 Å². The summed E-state index contributed by atoms with van der Waals surface area (Å²) < 4.78 is 17.3. The van der Waals surface area contributed by atoms with Gasteiger partial charge in [-0.25, -0.2) is 0 Å². The molecule has 0 fully saturated rings. The van der Waals surface area contributed by atoms with E-state index >= 15 is 0 Å². The number of allylic oxidation sites excluding steroid dienone is 1. The third kappa shape index (κ3) is 4.80. The van der Waals surface area contributed by atoms with E-state index in [1.54, 1.807) is 6.07 Å². The van der Waals surface area contributed by atoms with Crippen LogP contribution in [0.2, 0.25) is 0 Å². The van der Waals surface area contributed by atoms with Crippen LogP contribution >= 0.6 is 7.60 Å². The van der Waals surface area contributed by atoms with Gasteiger partial charge in [-0.05, 0) is 50.1 Å². The maximum absolute atomic E-state index is 11.8. The molecule has 0 heterocycles. The van der Waals surface area contributed by atoms with Gasteiger partial charge in [-0.15, -0.1) is 0 Å². The van der Waals surface area contributed by atoms with Gasteiger partial charge < -0.3 is 14.5 Å². The molecule has 0 unspecified atom stereocenters. The third-order valence-corrected chi connectivity index (χ3v) is 4.37. The Hall–Kier alpha value is -1.87. The molecule has 23 heavy (non-hydrogen) atoms. The number of hydrogen-bond donors (Lipinski definition) is 2. The van der Waals surface area contributed by atoms with Gasteiger partial charge in [0, 0.05) is 0 Å². The van der Waals surface area contributed by atoms with E-state index in [-0.39, 0.29) is 17.7 Å². The predicted octanol–water partition coefficient (Wildman–Crippen LogP) is 3.81. The van der Waals surface area contributed by atoms with Gasteiger partial charge in [0.25, 0.3) is 0 Å². The molecule has 0 spiro atoms. The van der Waals surface area contributed by atoms with Gasteiger partial charge in [0.2, 0.25) is 0 Å². The van der Waals surface area contributed by atoms with Gasteiger partial charge in [-0.1, -0.05) is 41.5 Å². The Morgan fingerprint density at radius 2 is 1.70 bits per heavy atom. The van der Waals surface area contributed by atoms with Crippen LogP contribution in [0.5, 0.6) is 5.75 Å². The maximum Gasteiger partial charge on any atom is 0.359 e. The maximum atomic E-state index is 11.8. The number of benzene rings is 2. The number of hydrogen-bond acceptors (Lipinski definition) is 2. The molecule has 0 aliphatic rings. The summed E-state index contributed by atoms with van der Waals surface area (Å²) in [5.74, 6) is 0.215. The molecule has 0 saturated carbocycles. The van der Waals surface area contributed by atoms with Crippen molar-refractivity contribution in [3.05, 3.63) is 59.7 Å². The fourth-order valence-corrected chi connectivity index (χ4v) is 2.82. The fourth-order valence-electron chi connectivity index (χ4n) is 2.09. The highest BCUT2D eigenvalue weighted by Crippen LogP contribution is 2.39. The van der Waals surface area contributed by atoms with E-state index in [0.29, 0.717) is 0 Å². The molecule has 0 aliphatic heterocycles. The van der Waals surface area contributed by atoms with Crippen molar-refractivity contribution in [1.29, 1.82) is 0 Å². The van der Waals surface area contributed by atoms with Gasteiger partial charge in [0.1, 0.15) is 17.7 Å². The largest absolute Gasteiger partial charge is 0.489 e. The van der Waals surface area contributed by atoms with Crippen LogP contribution in [0.4, 0.5) is 0 Å².